The van der Waals surface area contributed by atoms with Crippen molar-refractivity contribution in [2.45, 2.75) is 20.1 Å². The molecule has 0 unspecified atom stereocenters. The van der Waals surface area contributed by atoms with Crippen molar-refractivity contribution in [2.75, 3.05) is 37.7 Å². The Morgan fingerprint density at radius 3 is 2.72 bits per heavy atom. The lowest BCUT2D eigenvalue weighted by Crippen LogP contribution is -2.49. The van der Waals surface area contributed by atoms with E-state index >= 15 is 0 Å². The fourth-order valence-electron chi connectivity index (χ4n) is 4.25. The van der Waals surface area contributed by atoms with Gasteiger partial charge in [0, 0.05) is 49.0 Å². The average Bonchev–Trinajstić information content (AvgIpc) is 3.13. The number of aryl methyl sites for hydroxylation is 1. The molecule has 7 heteroatoms. The topological polar surface area (TPSA) is 50.6 Å². The largest absolute Gasteiger partial charge is 0.372 e. The van der Waals surface area contributed by atoms with Crippen LogP contribution >= 0.6 is 11.6 Å². The number of anilines is 1. The van der Waals surface area contributed by atoms with Crippen LogP contribution in [-0.4, -0.2) is 53.1 Å². The molecule has 5 rings (SSSR count). The summed E-state index contributed by atoms with van der Waals surface area (Å²) in [6.07, 6.45) is 0. The fraction of sp³-hybridized carbons (Fsp3) is 0.364. The minimum atomic E-state index is 0.0663. The molecule has 3 aromatic rings. The maximum absolute atomic E-state index is 13.1. The van der Waals surface area contributed by atoms with Crippen LogP contribution in [0.2, 0.25) is 5.02 Å². The van der Waals surface area contributed by atoms with Gasteiger partial charge in [-0.1, -0.05) is 17.7 Å². The van der Waals surface area contributed by atoms with Crippen molar-refractivity contribution in [3.05, 3.63) is 58.4 Å². The smallest absolute Gasteiger partial charge is 0.254 e. The summed E-state index contributed by atoms with van der Waals surface area (Å²) in [5.74, 6) is 0.998. The van der Waals surface area contributed by atoms with Crippen molar-refractivity contribution in [3.63, 3.8) is 0 Å². The molecule has 1 fully saturated rings. The molecule has 0 atom stereocenters. The minimum absolute atomic E-state index is 0.0663. The van der Waals surface area contributed by atoms with Crippen molar-refractivity contribution in [3.8, 4) is 0 Å². The number of fused-ring (bicyclic) bond motifs is 3. The van der Waals surface area contributed by atoms with Gasteiger partial charge in [0.25, 0.3) is 5.91 Å². The molecule has 0 saturated carbocycles. The molecule has 2 aliphatic heterocycles. The molecule has 3 heterocycles. The number of carbonyl (C=O) groups is 1. The van der Waals surface area contributed by atoms with Gasteiger partial charge in [-0.15, -0.1) is 0 Å². The van der Waals surface area contributed by atoms with Gasteiger partial charge in [0.1, 0.15) is 12.4 Å². The Balaban J connectivity index is 1.32. The van der Waals surface area contributed by atoms with Crippen LogP contribution in [0.5, 0.6) is 0 Å². The summed E-state index contributed by atoms with van der Waals surface area (Å²) < 4.78 is 7.67. The summed E-state index contributed by atoms with van der Waals surface area (Å²) in [7, 11) is 0. The fourth-order valence-corrected chi connectivity index (χ4v) is 4.41. The Labute approximate surface area is 174 Å². The second-order valence-corrected chi connectivity index (χ2v) is 8.08. The highest BCUT2D eigenvalue weighted by Crippen LogP contribution is 2.26. The second kappa shape index (κ2) is 7.35. The lowest BCUT2D eigenvalue weighted by molar-refractivity contribution is 0.0747. The molecule has 29 heavy (non-hydrogen) atoms. The normalized spacial score (nSPS) is 16.9. The standard InChI is InChI=1S/C22H23ClN4O2/c1-15-2-4-17(23)13-20(15)25-6-8-26(9-7-25)22(28)16-3-5-19-18(12-16)24-21-14-29-11-10-27(19)21/h2-5,12-13H,6-11,14H2,1H3. The van der Waals surface area contributed by atoms with E-state index in [-0.39, 0.29) is 5.91 Å². The number of halogens is 1. The molecule has 0 spiro atoms. The first-order valence-electron chi connectivity index (χ1n) is 9.97. The van der Waals surface area contributed by atoms with Gasteiger partial charge >= 0.3 is 0 Å². The SMILES string of the molecule is Cc1ccc(Cl)cc1N1CCN(C(=O)c2ccc3c(c2)nc2n3CCOC2)CC1. The maximum atomic E-state index is 13.1. The minimum Gasteiger partial charge on any atom is -0.372 e. The first-order valence-corrected chi connectivity index (χ1v) is 10.4. The summed E-state index contributed by atoms with van der Waals surface area (Å²) in [6, 6.07) is 11.8. The summed E-state index contributed by atoms with van der Waals surface area (Å²) >= 11 is 6.17. The lowest BCUT2D eigenvalue weighted by atomic mass is 10.1. The quantitative estimate of drug-likeness (QED) is 0.649. The first kappa shape index (κ1) is 18.5. The number of hydrogen-bond donors (Lipinski definition) is 0. The van der Waals surface area contributed by atoms with E-state index in [1.165, 1.54) is 5.56 Å². The number of rotatable bonds is 2. The van der Waals surface area contributed by atoms with E-state index in [9.17, 15) is 4.79 Å². The summed E-state index contributed by atoms with van der Waals surface area (Å²) in [6.45, 7) is 7.11. The molecule has 150 valence electrons. The van der Waals surface area contributed by atoms with Gasteiger partial charge < -0.3 is 19.1 Å². The molecule has 0 N–H and O–H groups in total. The molecule has 1 saturated heterocycles. The van der Waals surface area contributed by atoms with Crippen molar-refractivity contribution >= 4 is 34.2 Å². The van der Waals surface area contributed by atoms with Gasteiger partial charge in [-0.05, 0) is 42.8 Å². The number of benzene rings is 2. The average molecular weight is 411 g/mol. The monoisotopic (exact) mass is 410 g/mol. The molecule has 0 radical (unpaired) electrons. The summed E-state index contributed by atoms with van der Waals surface area (Å²) in [5.41, 5.74) is 4.98. The Kier molecular flexibility index (Phi) is 4.68. The molecule has 0 bridgehead atoms. The first-order chi connectivity index (χ1) is 14.1. The molecular formula is C22H23ClN4O2. The van der Waals surface area contributed by atoms with E-state index in [0.29, 0.717) is 31.9 Å². The zero-order valence-corrected chi connectivity index (χ0v) is 17.2. The van der Waals surface area contributed by atoms with Crippen LogP contribution < -0.4 is 4.90 Å². The zero-order valence-electron chi connectivity index (χ0n) is 16.4. The Morgan fingerprint density at radius 2 is 1.90 bits per heavy atom. The van der Waals surface area contributed by atoms with Crippen molar-refractivity contribution in [1.29, 1.82) is 0 Å². The highest BCUT2D eigenvalue weighted by molar-refractivity contribution is 6.30. The molecule has 2 aromatic carbocycles. The van der Waals surface area contributed by atoms with Gasteiger partial charge in [0.15, 0.2) is 0 Å². The molecule has 2 aliphatic rings. The van der Waals surface area contributed by atoms with Gasteiger partial charge in [-0.3, -0.25) is 4.79 Å². The van der Waals surface area contributed by atoms with E-state index in [0.717, 1.165) is 47.2 Å². The third-order valence-electron chi connectivity index (χ3n) is 5.84. The Morgan fingerprint density at radius 1 is 1.07 bits per heavy atom. The predicted octanol–water partition coefficient (Wildman–Crippen LogP) is 3.49. The van der Waals surface area contributed by atoms with E-state index in [2.05, 4.69) is 21.4 Å². The highest BCUT2D eigenvalue weighted by atomic mass is 35.5. The predicted molar refractivity (Wildman–Crippen MR) is 114 cm³/mol. The maximum Gasteiger partial charge on any atom is 0.254 e. The van der Waals surface area contributed by atoms with Crippen LogP contribution in [0, 0.1) is 6.92 Å². The number of nitrogens with zero attached hydrogens (tertiary/aromatic N) is 4. The lowest BCUT2D eigenvalue weighted by Gasteiger charge is -2.37. The van der Waals surface area contributed by atoms with Crippen LogP contribution in [0.3, 0.4) is 0 Å². The number of piperazine rings is 1. The molecule has 0 aliphatic carbocycles. The van der Waals surface area contributed by atoms with Crippen molar-refractivity contribution in [1.82, 2.24) is 14.5 Å². The number of carbonyl (C=O) groups excluding carboxylic acids is 1. The molecule has 1 amide bonds. The number of hydrogen-bond acceptors (Lipinski definition) is 4. The van der Waals surface area contributed by atoms with Gasteiger partial charge in [0.2, 0.25) is 0 Å². The van der Waals surface area contributed by atoms with Gasteiger partial charge in [0.05, 0.1) is 17.6 Å². The summed E-state index contributed by atoms with van der Waals surface area (Å²) in [4.78, 5) is 22.0. The van der Waals surface area contributed by atoms with Crippen LogP contribution in [0.25, 0.3) is 11.0 Å². The summed E-state index contributed by atoms with van der Waals surface area (Å²) in [5, 5.41) is 0.741. The zero-order chi connectivity index (χ0) is 20.0. The molecule has 1 aromatic heterocycles. The third kappa shape index (κ3) is 3.36. The number of aromatic nitrogens is 2. The van der Waals surface area contributed by atoms with Crippen LogP contribution in [0.1, 0.15) is 21.7 Å². The number of amides is 1. The number of ether oxygens (including phenoxy) is 1. The third-order valence-corrected chi connectivity index (χ3v) is 6.08. The van der Waals surface area contributed by atoms with E-state index in [4.69, 9.17) is 16.3 Å². The van der Waals surface area contributed by atoms with Crippen LogP contribution in [0.4, 0.5) is 5.69 Å². The van der Waals surface area contributed by atoms with Crippen molar-refractivity contribution < 1.29 is 9.53 Å². The van der Waals surface area contributed by atoms with E-state index in [1.807, 2.05) is 41.3 Å². The Hall–Kier alpha value is -2.57. The Bertz CT molecular complexity index is 1090. The van der Waals surface area contributed by atoms with Crippen LogP contribution in [-0.2, 0) is 17.9 Å². The van der Waals surface area contributed by atoms with Crippen molar-refractivity contribution in [2.24, 2.45) is 0 Å². The molecular weight excluding hydrogens is 388 g/mol. The second-order valence-electron chi connectivity index (χ2n) is 7.65. The van der Waals surface area contributed by atoms with E-state index < -0.39 is 0 Å². The van der Waals surface area contributed by atoms with Crippen LogP contribution in [0.15, 0.2) is 36.4 Å². The number of imidazole rings is 1. The van der Waals surface area contributed by atoms with Gasteiger partial charge in [-0.25, -0.2) is 4.98 Å². The highest BCUT2D eigenvalue weighted by Gasteiger charge is 2.24. The molecule has 6 nitrogen and oxygen atoms in total. The van der Waals surface area contributed by atoms with E-state index in [1.54, 1.807) is 0 Å². The van der Waals surface area contributed by atoms with Gasteiger partial charge in [-0.2, -0.15) is 0 Å².